The standard InChI is InChI=1S/C20H27N3O3S/c1-6-14-17(11(2)26-23-14)19(25)22-21-18(24)16-10-12-9-13(20(3,4)5)7-8-15(12)27-16/h10,13H,6-9H2,1-5H3,(H,21,24)(H,22,25). The van der Waals surface area contributed by atoms with Crippen LogP contribution in [-0.2, 0) is 19.3 Å². The lowest BCUT2D eigenvalue weighted by molar-refractivity contribution is 0.0847. The van der Waals surface area contributed by atoms with Crippen molar-refractivity contribution in [1.29, 1.82) is 0 Å². The Morgan fingerprint density at radius 1 is 1.30 bits per heavy atom. The molecule has 1 unspecified atom stereocenters. The number of carbonyl (C=O) groups excluding carboxylic acids is 2. The maximum absolute atomic E-state index is 12.5. The predicted molar refractivity (Wildman–Crippen MR) is 105 cm³/mol. The Labute approximate surface area is 163 Å². The second kappa shape index (κ2) is 7.46. The Bertz CT molecular complexity index is 860. The SMILES string of the molecule is CCc1noc(C)c1C(=O)NNC(=O)c1cc2c(s1)CCC(C(C)(C)C)C2. The van der Waals surface area contributed by atoms with E-state index in [0.717, 1.165) is 19.3 Å². The van der Waals surface area contributed by atoms with E-state index in [-0.39, 0.29) is 11.3 Å². The molecule has 0 spiro atoms. The number of hydrogen-bond acceptors (Lipinski definition) is 5. The normalized spacial score (nSPS) is 16.7. The zero-order chi connectivity index (χ0) is 19.8. The lowest BCUT2D eigenvalue weighted by Gasteiger charge is -2.33. The first-order chi connectivity index (χ1) is 12.7. The molecule has 0 saturated heterocycles. The maximum atomic E-state index is 12.5. The van der Waals surface area contributed by atoms with Crippen LogP contribution in [0.5, 0.6) is 0 Å². The van der Waals surface area contributed by atoms with E-state index in [4.69, 9.17) is 4.52 Å². The second-order valence-corrected chi connectivity index (χ2v) is 9.32. The van der Waals surface area contributed by atoms with Gasteiger partial charge < -0.3 is 4.52 Å². The molecule has 0 bridgehead atoms. The Morgan fingerprint density at radius 3 is 2.67 bits per heavy atom. The summed E-state index contributed by atoms with van der Waals surface area (Å²) in [6, 6.07) is 1.97. The van der Waals surface area contributed by atoms with Gasteiger partial charge in [-0.15, -0.1) is 11.3 Å². The number of carbonyl (C=O) groups is 2. The zero-order valence-electron chi connectivity index (χ0n) is 16.6. The van der Waals surface area contributed by atoms with Crippen molar-refractivity contribution in [2.45, 2.75) is 60.3 Å². The fourth-order valence-electron chi connectivity index (χ4n) is 3.56. The Morgan fingerprint density at radius 2 is 2.00 bits per heavy atom. The molecule has 0 aliphatic heterocycles. The quantitative estimate of drug-likeness (QED) is 0.782. The van der Waals surface area contributed by atoms with Crippen LogP contribution < -0.4 is 10.9 Å². The highest BCUT2D eigenvalue weighted by atomic mass is 32.1. The molecule has 3 rings (SSSR count). The lowest BCUT2D eigenvalue weighted by atomic mass is 9.72. The minimum absolute atomic E-state index is 0.267. The molecule has 0 saturated carbocycles. The largest absolute Gasteiger partial charge is 0.361 e. The van der Waals surface area contributed by atoms with Crippen LogP contribution in [0, 0.1) is 18.3 Å². The van der Waals surface area contributed by atoms with E-state index in [2.05, 4.69) is 36.8 Å². The van der Waals surface area contributed by atoms with E-state index in [1.54, 1.807) is 6.92 Å². The fraction of sp³-hybridized carbons (Fsp3) is 0.550. The highest BCUT2D eigenvalue weighted by Crippen LogP contribution is 2.40. The first kappa shape index (κ1) is 19.6. The molecule has 2 amide bonds. The summed E-state index contributed by atoms with van der Waals surface area (Å²) in [5, 5.41) is 3.86. The topological polar surface area (TPSA) is 84.2 Å². The average molecular weight is 390 g/mol. The summed E-state index contributed by atoms with van der Waals surface area (Å²) in [6.45, 7) is 10.4. The number of nitrogens with zero attached hydrogens (tertiary/aromatic N) is 1. The van der Waals surface area contributed by atoms with Crippen molar-refractivity contribution < 1.29 is 14.1 Å². The van der Waals surface area contributed by atoms with Gasteiger partial charge in [-0.1, -0.05) is 32.9 Å². The molecule has 1 aliphatic carbocycles. The number of rotatable bonds is 3. The van der Waals surface area contributed by atoms with Gasteiger partial charge in [0.25, 0.3) is 11.8 Å². The van der Waals surface area contributed by atoms with Gasteiger partial charge in [-0.3, -0.25) is 20.4 Å². The molecule has 1 aliphatic rings. The monoisotopic (exact) mass is 389 g/mol. The molecule has 146 valence electrons. The van der Waals surface area contributed by atoms with Crippen molar-refractivity contribution in [3.63, 3.8) is 0 Å². The molecule has 0 fully saturated rings. The Balaban J connectivity index is 1.65. The first-order valence-corrected chi connectivity index (χ1v) is 10.2. The highest BCUT2D eigenvalue weighted by molar-refractivity contribution is 7.14. The molecule has 2 heterocycles. The molecule has 27 heavy (non-hydrogen) atoms. The van der Waals surface area contributed by atoms with Crippen molar-refractivity contribution >= 4 is 23.2 Å². The van der Waals surface area contributed by atoms with Crippen LogP contribution in [0.3, 0.4) is 0 Å². The third kappa shape index (κ3) is 4.08. The Hall–Kier alpha value is -2.15. The summed E-state index contributed by atoms with van der Waals surface area (Å²) in [5.74, 6) is 0.368. The van der Waals surface area contributed by atoms with Crippen LogP contribution in [0.4, 0.5) is 0 Å². The van der Waals surface area contributed by atoms with Gasteiger partial charge in [-0.2, -0.15) is 0 Å². The number of fused-ring (bicyclic) bond motifs is 1. The third-order valence-electron chi connectivity index (χ3n) is 5.32. The number of amides is 2. The van der Waals surface area contributed by atoms with Gasteiger partial charge in [0.2, 0.25) is 0 Å². The van der Waals surface area contributed by atoms with Gasteiger partial charge in [0.05, 0.1) is 10.6 Å². The van der Waals surface area contributed by atoms with Crippen molar-refractivity contribution in [3.8, 4) is 0 Å². The molecular weight excluding hydrogens is 362 g/mol. The van der Waals surface area contributed by atoms with Crippen LogP contribution in [-0.4, -0.2) is 17.0 Å². The Kier molecular flexibility index (Phi) is 5.42. The summed E-state index contributed by atoms with van der Waals surface area (Å²) in [4.78, 5) is 26.8. The highest BCUT2D eigenvalue weighted by Gasteiger charge is 2.30. The van der Waals surface area contributed by atoms with E-state index >= 15 is 0 Å². The van der Waals surface area contributed by atoms with Crippen LogP contribution in [0.15, 0.2) is 10.6 Å². The molecule has 2 N–H and O–H groups in total. The predicted octanol–water partition coefficient (Wildman–Crippen LogP) is 3.83. The van der Waals surface area contributed by atoms with Gasteiger partial charge in [-0.05, 0) is 55.6 Å². The lowest BCUT2D eigenvalue weighted by Crippen LogP contribution is -2.41. The summed E-state index contributed by atoms with van der Waals surface area (Å²) >= 11 is 1.52. The molecule has 7 heteroatoms. The molecule has 2 aromatic heterocycles. The number of thiophene rings is 1. The molecule has 1 atom stereocenters. The third-order valence-corrected chi connectivity index (χ3v) is 6.55. The number of nitrogens with one attached hydrogen (secondary N) is 2. The molecule has 0 aromatic carbocycles. The summed E-state index contributed by atoms with van der Waals surface area (Å²) < 4.78 is 5.07. The molecule has 2 aromatic rings. The van der Waals surface area contributed by atoms with Crippen molar-refractivity contribution in [3.05, 3.63) is 38.4 Å². The first-order valence-electron chi connectivity index (χ1n) is 9.38. The van der Waals surface area contributed by atoms with Crippen LogP contribution in [0.2, 0.25) is 0 Å². The van der Waals surface area contributed by atoms with Crippen molar-refractivity contribution in [1.82, 2.24) is 16.0 Å². The van der Waals surface area contributed by atoms with Crippen LogP contribution in [0.1, 0.15) is 76.0 Å². The van der Waals surface area contributed by atoms with E-state index < -0.39 is 5.91 Å². The van der Waals surface area contributed by atoms with E-state index in [1.807, 2.05) is 13.0 Å². The van der Waals surface area contributed by atoms with Gasteiger partial charge in [0.15, 0.2) is 0 Å². The van der Waals surface area contributed by atoms with Gasteiger partial charge in [-0.25, -0.2) is 0 Å². The number of hydrogen-bond donors (Lipinski definition) is 2. The average Bonchev–Trinajstić information content (AvgIpc) is 3.21. The number of hydrazine groups is 1. The summed E-state index contributed by atoms with van der Waals surface area (Å²) in [6.07, 6.45) is 3.76. The van der Waals surface area contributed by atoms with E-state index in [9.17, 15) is 9.59 Å². The molecule has 6 nitrogen and oxygen atoms in total. The van der Waals surface area contributed by atoms with Crippen LogP contribution in [0.25, 0.3) is 0 Å². The number of aromatic nitrogens is 1. The van der Waals surface area contributed by atoms with Gasteiger partial charge in [0.1, 0.15) is 11.3 Å². The summed E-state index contributed by atoms with van der Waals surface area (Å²) in [5.41, 5.74) is 7.50. The van der Waals surface area contributed by atoms with Gasteiger partial charge >= 0.3 is 0 Å². The molecule has 0 radical (unpaired) electrons. The van der Waals surface area contributed by atoms with E-state index in [0.29, 0.717) is 34.2 Å². The minimum Gasteiger partial charge on any atom is -0.361 e. The smallest absolute Gasteiger partial charge is 0.279 e. The summed E-state index contributed by atoms with van der Waals surface area (Å²) in [7, 11) is 0. The fourth-order valence-corrected chi connectivity index (χ4v) is 4.67. The minimum atomic E-state index is -0.409. The van der Waals surface area contributed by atoms with Crippen molar-refractivity contribution in [2.24, 2.45) is 11.3 Å². The second-order valence-electron chi connectivity index (χ2n) is 8.19. The van der Waals surface area contributed by atoms with E-state index in [1.165, 1.54) is 21.8 Å². The van der Waals surface area contributed by atoms with Crippen molar-refractivity contribution in [2.75, 3.05) is 0 Å². The number of aryl methyl sites for hydroxylation is 3. The molecular formula is C20H27N3O3S. The zero-order valence-corrected chi connectivity index (χ0v) is 17.4. The van der Waals surface area contributed by atoms with Gasteiger partial charge in [0, 0.05) is 4.88 Å². The van der Waals surface area contributed by atoms with Crippen LogP contribution >= 0.6 is 11.3 Å². The maximum Gasteiger partial charge on any atom is 0.279 e.